The summed E-state index contributed by atoms with van der Waals surface area (Å²) < 4.78 is 5.96. The van der Waals surface area contributed by atoms with Gasteiger partial charge >= 0.3 is 0 Å². The van der Waals surface area contributed by atoms with Gasteiger partial charge in [0.2, 0.25) is 0 Å². The highest BCUT2D eigenvalue weighted by Crippen LogP contribution is 2.24. The molecule has 0 aliphatic heterocycles. The lowest BCUT2D eigenvalue weighted by atomic mass is 10.1. The van der Waals surface area contributed by atoms with Crippen LogP contribution in [0.25, 0.3) is 0 Å². The van der Waals surface area contributed by atoms with Gasteiger partial charge < -0.3 is 10.1 Å². The van der Waals surface area contributed by atoms with Crippen LogP contribution >= 0.6 is 0 Å². The summed E-state index contributed by atoms with van der Waals surface area (Å²) >= 11 is 0. The number of nitrogens with one attached hydrogen (secondary N) is 1. The normalized spacial score (nSPS) is 13.6. The standard InChI is InChI=1S/C14H23NO/c1-6-14(3,4)16-13-9-7-8-12(10-13)11(2)15-5/h7-11,15H,6H2,1-5H3. The van der Waals surface area contributed by atoms with Crippen LogP contribution in [0.15, 0.2) is 24.3 Å². The quantitative estimate of drug-likeness (QED) is 0.821. The van der Waals surface area contributed by atoms with E-state index in [2.05, 4.69) is 45.1 Å². The lowest BCUT2D eigenvalue weighted by Gasteiger charge is -2.25. The van der Waals surface area contributed by atoms with Crippen molar-refractivity contribution in [3.05, 3.63) is 29.8 Å². The second kappa shape index (κ2) is 5.35. The van der Waals surface area contributed by atoms with Gasteiger partial charge in [0.25, 0.3) is 0 Å². The third kappa shape index (κ3) is 3.53. The van der Waals surface area contributed by atoms with E-state index in [-0.39, 0.29) is 5.60 Å². The molecule has 0 bridgehead atoms. The van der Waals surface area contributed by atoms with Gasteiger partial charge in [-0.1, -0.05) is 19.1 Å². The molecule has 0 radical (unpaired) electrons. The van der Waals surface area contributed by atoms with Crippen LogP contribution in [0.5, 0.6) is 5.75 Å². The molecule has 0 heterocycles. The van der Waals surface area contributed by atoms with Gasteiger partial charge in [0.05, 0.1) is 0 Å². The Labute approximate surface area is 99.0 Å². The Bertz CT molecular complexity index is 333. The molecule has 2 heteroatoms. The Balaban J connectivity index is 2.82. The smallest absolute Gasteiger partial charge is 0.120 e. The topological polar surface area (TPSA) is 21.3 Å². The minimum Gasteiger partial charge on any atom is -0.488 e. The molecule has 0 saturated carbocycles. The molecule has 1 atom stereocenters. The van der Waals surface area contributed by atoms with Crippen LogP contribution in [0.1, 0.15) is 45.7 Å². The van der Waals surface area contributed by atoms with E-state index in [0.29, 0.717) is 6.04 Å². The van der Waals surface area contributed by atoms with Crippen LogP contribution in [0.2, 0.25) is 0 Å². The van der Waals surface area contributed by atoms with Gasteiger partial charge in [-0.3, -0.25) is 0 Å². The predicted octanol–water partition coefficient (Wildman–Crippen LogP) is 3.53. The maximum absolute atomic E-state index is 5.96. The minimum absolute atomic E-state index is 0.0957. The van der Waals surface area contributed by atoms with Crippen molar-refractivity contribution in [2.75, 3.05) is 7.05 Å². The molecule has 1 aromatic rings. The first-order valence-corrected chi connectivity index (χ1v) is 5.94. The molecule has 0 spiro atoms. The van der Waals surface area contributed by atoms with Crippen LogP contribution in [0.4, 0.5) is 0 Å². The number of benzene rings is 1. The zero-order valence-corrected chi connectivity index (χ0v) is 11.0. The van der Waals surface area contributed by atoms with Gasteiger partial charge in [0.15, 0.2) is 0 Å². The van der Waals surface area contributed by atoms with Crippen LogP contribution in [0.3, 0.4) is 0 Å². The van der Waals surface area contributed by atoms with Crippen molar-refractivity contribution in [1.82, 2.24) is 5.32 Å². The van der Waals surface area contributed by atoms with E-state index in [1.807, 2.05) is 19.2 Å². The summed E-state index contributed by atoms with van der Waals surface area (Å²) in [6.45, 7) is 8.51. The van der Waals surface area contributed by atoms with E-state index in [0.717, 1.165) is 12.2 Å². The number of hydrogen-bond donors (Lipinski definition) is 1. The zero-order chi connectivity index (χ0) is 12.2. The summed E-state index contributed by atoms with van der Waals surface area (Å²) in [6, 6.07) is 8.65. The average molecular weight is 221 g/mol. The van der Waals surface area contributed by atoms with Gasteiger partial charge in [-0.15, -0.1) is 0 Å². The van der Waals surface area contributed by atoms with Crippen LogP contribution in [-0.2, 0) is 0 Å². The van der Waals surface area contributed by atoms with Crippen molar-refractivity contribution in [1.29, 1.82) is 0 Å². The van der Waals surface area contributed by atoms with Gasteiger partial charge in [0, 0.05) is 6.04 Å². The monoisotopic (exact) mass is 221 g/mol. The Morgan fingerprint density at radius 2 is 2.06 bits per heavy atom. The average Bonchev–Trinajstić information content (AvgIpc) is 2.28. The number of ether oxygens (including phenoxy) is 1. The van der Waals surface area contributed by atoms with Crippen molar-refractivity contribution < 1.29 is 4.74 Å². The molecule has 1 aromatic carbocycles. The highest BCUT2D eigenvalue weighted by atomic mass is 16.5. The lowest BCUT2D eigenvalue weighted by molar-refractivity contribution is 0.105. The fraction of sp³-hybridized carbons (Fsp3) is 0.571. The van der Waals surface area contributed by atoms with Crippen LogP contribution in [0, 0.1) is 0 Å². The maximum Gasteiger partial charge on any atom is 0.120 e. The van der Waals surface area contributed by atoms with Crippen LogP contribution < -0.4 is 10.1 Å². The van der Waals surface area contributed by atoms with E-state index >= 15 is 0 Å². The lowest BCUT2D eigenvalue weighted by Crippen LogP contribution is -2.26. The third-order valence-electron chi connectivity index (χ3n) is 3.04. The molecule has 0 amide bonds. The van der Waals surface area contributed by atoms with Crippen molar-refractivity contribution in [2.24, 2.45) is 0 Å². The van der Waals surface area contributed by atoms with Crippen LogP contribution in [-0.4, -0.2) is 12.6 Å². The van der Waals surface area contributed by atoms with E-state index in [1.54, 1.807) is 0 Å². The van der Waals surface area contributed by atoms with Gasteiger partial charge in [0.1, 0.15) is 11.4 Å². The first-order valence-electron chi connectivity index (χ1n) is 5.94. The van der Waals surface area contributed by atoms with Crippen molar-refractivity contribution >= 4 is 0 Å². The number of hydrogen-bond acceptors (Lipinski definition) is 2. The largest absolute Gasteiger partial charge is 0.488 e. The molecular weight excluding hydrogens is 198 g/mol. The summed E-state index contributed by atoms with van der Waals surface area (Å²) in [5.41, 5.74) is 1.16. The number of rotatable bonds is 5. The van der Waals surface area contributed by atoms with Gasteiger partial charge in [-0.25, -0.2) is 0 Å². The molecule has 0 aliphatic carbocycles. The highest BCUT2D eigenvalue weighted by Gasteiger charge is 2.17. The molecule has 0 aliphatic rings. The summed E-state index contributed by atoms with van der Waals surface area (Å²) in [5.74, 6) is 0.950. The SMILES string of the molecule is CCC(C)(C)Oc1cccc(C(C)NC)c1. The molecule has 0 fully saturated rings. The third-order valence-corrected chi connectivity index (χ3v) is 3.04. The summed E-state index contributed by atoms with van der Waals surface area (Å²) in [4.78, 5) is 0. The maximum atomic E-state index is 5.96. The Hall–Kier alpha value is -1.02. The minimum atomic E-state index is -0.0957. The molecule has 2 nitrogen and oxygen atoms in total. The second-order valence-electron chi connectivity index (χ2n) is 4.80. The molecule has 0 aromatic heterocycles. The fourth-order valence-electron chi connectivity index (χ4n) is 1.41. The van der Waals surface area contributed by atoms with Crippen molar-refractivity contribution in [3.8, 4) is 5.75 Å². The fourth-order valence-corrected chi connectivity index (χ4v) is 1.41. The van der Waals surface area contributed by atoms with Gasteiger partial charge in [-0.2, -0.15) is 0 Å². The first-order chi connectivity index (χ1) is 7.48. The van der Waals surface area contributed by atoms with E-state index in [9.17, 15) is 0 Å². The first kappa shape index (κ1) is 13.0. The van der Waals surface area contributed by atoms with Gasteiger partial charge in [-0.05, 0) is 51.9 Å². The van der Waals surface area contributed by atoms with E-state index in [4.69, 9.17) is 4.74 Å². The predicted molar refractivity (Wildman–Crippen MR) is 68.9 cm³/mol. The zero-order valence-electron chi connectivity index (χ0n) is 11.0. The summed E-state index contributed by atoms with van der Waals surface area (Å²) in [6.07, 6.45) is 0.999. The van der Waals surface area contributed by atoms with Crippen molar-refractivity contribution in [3.63, 3.8) is 0 Å². The molecule has 1 rings (SSSR count). The highest BCUT2D eigenvalue weighted by molar-refractivity contribution is 5.30. The summed E-state index contributed by atoms with van der Waals surface area (Å²) in [5, 5.41) is 3.23. The molecule has 1 N–H and O–H groups in total. The second-order valence-corrected chi connectivity index (χ2v) is 4.80. The Kier molecular flexibility index (Phi) is 4.36. The van der Waals surface area contributed by atoms with E-state index in [1.165, 1.54) is 5.56 Å². The Morgan fingerprint density at radius 3 is 2.62 bits per heavy atom. The molecule has 0 saturated heterocycles. The molecule has 16 heavy (non-hydrogen) atoms. The van der Waals surface area contributed by atoms with E-state index < -0.39 is 0 Å². The summed E-state index contributed by atoms with van der Waals surface area (Å²) in [7, 11) is 1.97. The molecule has 1 unspecified atom stereocenters. The molecular formula is C14H23NO. The van der Waals surface area contributed by atoms with Crippen molar-refractivity contribution in [2.45, 2.75) is 45.8 Å². The molecule has 90 valence electrons. The Morgan fingerprint density at radius 1 is 1.38 bits per heavy atom.